The lowest BCUT2D eigenvalue weighted by molar-refractivity contribution is 0.0505. The topological polar surface area (TPSA) is 18.5 Å². The Kier molecular flexibility index (Phi) is 4.02. The minimum absolute atomic E-state index is 0.276. The molecule has 0 amide bonds. The van der Waals surface area contributed by atoms with E-state index in [9.17, 15) is 0 Å². The quantitative estimate of drug-likeness (QED) is 0.789. The van der Waals surface area contributed by atoms with E-state index in [1.807, 2.05) is 18.2 Å². The van der Waals surface area contributed by atoms with Gasteiger partial charge in [-0.1, -0.05) is 47.1 Å². The van der Waals surface area contributed by atoms with Gasteiger partial charge in [-0.2, -0.15) is 0 Å². The van der Waals surface area contributed by atoms with Crippen molar-refractivity contribution in [1.82, 2.24) is 0 Å². The SMILES string of the molecule is CCc1c(OCOC)cc(Br)c2ccccc12. The van der Waals surface area contributed by atoms with Gasteiger partial charge >= 0.3 is 0 Å². The second kappa shape index (κ2) is 5.52. The lowest BCUT2D eigenvalue weighted by Crippen LogP contribution is -2.02. The summed E-state index contributed by atoms with van der Waals surface area (Å²) in [6.45, 7) is 2.41. The van der Waals surface area contributed by atoms with Crippen LogP contribution in [0, 0.1) is 0 Å². The molecule has 0 aromatic heterocycles. The molecular formula is C14H15BrO2. The van der Waals surface area contributed by atoms with Gasteiger partial charge in [-0.25, -0.2) is 0 Å². The molecule has 0 aliphatic carbocycles. The Morgan fingerprint density at radius 2 is 1.88 bits per heavy atom. The fraction of sp³-hybridized carbons (Fsp3) is 0.286. The highest BCUT2D eigenvalue weighted by molar-refractivity contribution is 9.10. The molecule has 3 heteroatoms. The Balaban J connectivity index is 2.60. The smallest absolute Gasteiger partial charge is 0.188 e. The maximum Gasteiger partial charge on any atom is 0.188 e. The summed E-state index contributed by atoms with van der Waals surface area (Å²) in [5.74, 6) is 0.889. The number of hydrogen-bond donors (Lipinski definition) is 0. The first-order chi connectivity index (χ1) is 8.27. The van der Waals surface area contributed by atoms with Crippen LogP contribution in [0.15, 0.2) is 34.8 Å². The van der Waals surface area contributed by atoms with Gasteiger partial charge in [0, 0.05) is 17.1 Å². The van der Waals surface area contributed by atoms with Gasteiger partial charge in [0.05, 0.1) is 0 Å². The van der Waals surface area contributed by atoms with Crippen LogP contribution >= 0.6 is 15.9 Å². The minimum Gasteiger partial charge on any atom is -0.467 e. The van der Waals surface area contributed by atoms with Crippen LogP contribution in [-0.4, -0.2) is 13.9 Å². The van der Waals surface area contributed by atoms with Crippen LogP contribution in [0.3, 0.4) is 0 Å². The molecule has 0 spiro atoms. The highest BCUT2D eigenvalue weighted by Gasteiger charge is 2.10. The van der Waals surface area contributed by atoms with Crippen molar-refractivity contribution >= 4 is 26.7 Å². The molecule has 0 fully saturated rings. The van der Waals surface area contributed by atoms with Crippen LogP contribution in [0.5, 0.6) is 5.75 Å². The average Bonchev–Trinajstić information content (AvgIpc) is 2.36. The van der Waals surface area contributed by atoms with Crippen LogP contribution in [0.2, 0.25) is 0 Å². The largest absolute Gasteiger partial charge is 0.467 e. The van der Waals surface area contributed by atoms with Crippen LogP contribution in [0.4, 0.5) is 0 Å². The fourth-order valence-electron chi connectivity index (χ4n) is 1.98. The molecule has 0 aliphatic heterocycles. The van der Waals surface area contributed by atoms with Gasteiger partial charge in [-0.05, 0) is 23.3 Å². The molecule has 90 valence electrons. The van der Waals surface area contributed by atoms with Crippen molar-refractivity contribution in [2.45, 2.75) is 13.3 Å². The van der Waals surface area contributed by atoms with E-state index in [1.54, 1.807) is 7.11 Å². The fourth-order valence-corrected chi connectivity index (χ4v) is 2.54. The van der Waals surface area contributed by atoms with E-state index in [0.29, 0.717) is 0 Å². The zero-order chi connectivity index (χ0) is 12.3. The number of rotatable bonds is 4. The highest BCUT2D eigenvalue weighted by Crippen LogP contribution is 2.34. The lowest BCUT2D eigenvalue weighted by Gasteiger charge is -2.13. The molecule has 17 heavy (non-hydrogen) atoms. The van der Waals surface area contributed by atoms with Gasteiger partial charge < -0.3 is 9.47 Å². The van der Waals surface area contributed by atoms with Crippen molar-refractivity contribution in [1.29, 1.82) is 0 Å². The molecule has 0 saturated carbocycles. The molecule has 0 saturated heterocycles. The maximum atomic E-state index is 5.61. The van der Waals surface area contributed by atoms with Crippen LogP contribution in [0.1, 0.15) is 12.5 Å². The van der Waals surface area contributed by atoms with Crippen molar-refractivity contribution in [2.75, 3.05) is 13.9 Å². The number of halogens is 1. The predicted molar refractivity (Wildman–Crippen MR) is 73.5 cm³/mol. The summed E-state index contributed by atoms with van der Waals surface area (Å²) >= 11 is 3.58. The van der Waals surface area contributed by atoms with E-state index in [4.69, 9.17) is 9.47 Å². The van der Waals surface area contributed by atoms with Gasteiger partial charge in [0.25, 0.3) is 0 Å². The molecule has 2 nitrogen and oxygen atoms in total. The number of ether oxygens (including phenoxy) is 2. The molecule has 0 unspecified atom stereocenters. The third-order valence-corrected chi connectivity index (χ3v) is 3.41. The first-order valence-electron chi connectivity index (χ1n) is 5.59. The molecule has 0 radical (unpaired) electrons. The molecule has 0 N–H and O–H groups in total. The standard InChI is InChI=1S/C14H15BrO2/c1-3-10-11-6-4-5-7-12(11)13(15)8-14(10)17-9-16-2/h4-8H,3,9H2,1-2H3. The predicted octanol–water partition coefficient (Wildman–Crippen LogP) is 4.15. The normalized spacial score (nSPS) is 10.8. The summed E-state index contributed by atoms with van der Waals surface area (Å²) in [5.41, 5.74) is 1.22. The summed E-state index contributed by atoms with van der Waals surface area (Å²) in [7, 11) is 1.63. The number of aryl methyl sites for hydroxylation is 1. The van der Waals surface area contributed by atoms with Crippen molar-refractivity contribution in [3.05, 3.63) is 40.4 Å². The number of methoxy groups -OCH3 is 1. The van der Waals surface area contributed by atoms with E-state index >= 15 is 0 Å². The second-order valence-corrected chi connectivity index (χ2v) is 4.64. The molecule has 0 atom stereocenters. The Hall–Kier alpha value is -1.06. The minimum atomic E-state index is 0.276. The number of benzene rings is 2. The van der Waals surface area contributed by atoms with Crippen LogP contribution < -0.4 is 4.74 Å². The van der Waals surface area contributed by atoms with Crippen molar-refractivity contribution < 1.29 is 9.47 Å². The molecule has 0 heterocycles. The van der Waals surface area contributed by atoms with Crippen molar-refractivity contribution in [2.24, 2.45) is 0 Å². The first kappa shape index (κ1) is 12.4. The summed E-state index contributed by atoms with van der Waals surface area (Å²) in [6, 6.07) is 10.3. The zero-order valence-corrected chi connectivity index (χ0v) is 11.6. The number of fused-ring (bicyclic) bond motifs is 1. The molecule has 2 rings (SSSR count). The van der Waals surface area contributed by atoms with Crippen molar-refractivity contribution in [3.8, 4) is 5.75 Å². The van der Waals surface area contributed by atoms with Gasteiger partial charge in [0.15, 0.2) is 6.79 Å². The molecule has 2 aromatic rings. The molecular weight excluding hydrogens is 280 g/mol. The summed E-state index contributed by atoms with van der Waals surface area (Å²) < 4.78 is 11.6. The molecule has 2 aromatic carbocycles. The van der Waals surface area contributed by atoms with Gasteiger partial charge in [0.1, 0.15) is 5.75 Å². The Bertz CT molecular complexity index is 523. The third-order valence-electron chi connectivity index (χ3n) is 2.75. The average molecular weight is 295 g/mol. The lowest BCUT2D eigenvalue weighted by atomic mass is 10.0. The monoisotopic (exact) mass is 294 g/mol. The zero-order valence-electron chi connectivity index (χ0n) is 10.00. The van der Waals surface area contributed by atoms with E-state index in [1.165, 1.54) is 16.3 Å². The first-order valence-corrected chi connectivity index (χ1v) is 6.39. The van der Waals surface area contributed by atoms with E-state index in [2.05, 4.69) is 35.0 Å². The third kappa shape index (κ3) is 2.45. The number of hydrogen-bond acceptors (Lipinski definition) is 2. The van der Waals surface area contributed by atoms with E-state index in [0.717, 1.165) is 16.6 Å². The van der Waals surface area contributed by atoms with Gasteiger partial charge in [0.2, 0.25) is 0 Å². The summed E-state index contributed by atoms with van der Waals surface area (Å²) in [4.78, 5) is 0. The van der Waals surface area contributed by atoms with Crippen molar-refractivity contribution in [3.63, 3.8) is 0 Å². The maximum absolute atomic E-state index is 5.61. The second-order valence-electron chi connectivity index (χ2n) is 3.79. The Morgan fingerprint density at radius 3 is 2.53 bits per heavy atom. The van der Waals surface area contributed by atoms with Gasteiger partial charge in [-0.15, -0.1) is 0 Å². The summed E-state index contributed by atoms with van der Waals surface area (Å²) in [5, 5.41) is 2.45. The van der Waals surface area contributed by atoms with Gasteiger partial charge in [-0.3, -0.25) is 0 Å². The Morgan fingerprint density at radius 1 is 1.18 bits per heavy atom. The highest BCUT2D eigenvalue weighted by atomic mass is 79.9. The van der Waals surface area contributed by atoms with E-state index in [-0.39, 0.29) is 6.79 Å². The molecule has 0 bridgehead atoms. The molecule has 0 aliphatic rings. The Labute approximate surface area is 110 Å². The van der Waals surface area contributed by atoms with Crippen LogP contribution in [-0.2, 0) is 11.2 Å². The van der Waals surface area contributed by atoms with E-state index < -0.39 is 0 Å². The summed E-state index contributed by atoms with van der Waals surface area (Å²) in [6.07, 6.45) is 0.937. The van der Waals surface area contributed by atoms with Crippen LogP contribution in [0.25, 0.3) is 10.8 Å².